The molecule has 1 aliphatic rings. The van der Waals surface area contributed by atoms with Crippen LogP contribution in [0.3, 0.4) is 0 Å². The summed E-state index contributed by atoms with van der Waals surface area (Å²) in [6.45, 7) is 6.77. The third-order valence-electron chi connectivity index (χ3n) is 5.72. The van der Waals surface area contributed by atoms with E-state index in [2.05, 4.69) is 11.9 Å². The van der Waals surface area contributed by atoms with E-state index in [1.807, 2.05) is 31.2 Å². The van der Waals surface area contributed by atoms with Crippen LogP contribution >= 0.6 is 11.8 Å². The number of benzene rings is 2. The van der Waals surface area contributed by atoms with Crippen LogP contribution in [0.4, 0.5) is 0 Å². The van der Waals surface area contributed by atoms with Crippen molar-refractivity contribution >= 4 is 28.5 Å². The van der Waals surface area contributed by atoms with Gasteiger partial charge in [0.25, 0.3) is 5.91 Å². The first kappa shape index (κ1) is 27.3. The van der Waals surface area contributed by atoms with Gasteiger partial charge >= 0.3 is 0 Å². The Kier molecular flexibility index (Phi) is 9.98. The maximum Gasteiger partial charge on any atom is 0.254 e. The average Bonchev–Trinajstić information content (AvgIpc) is 3.27. The fourth-order valence-corrected chi connectivity index (χ4v) is 4.59. The van der Waals surface area contributed by atoms with Crippen molar-refractivity contribution in [3.63, 3.8) is 0 Å². The number of methoxy groups -OCH3 is 1. The molecule has 2 aromatic rings. The van der Waals surface area contributed by atoms with E-state index >= 15 is 0 Å². The first-order valence-corrected chi connectivity index (χ1v) is 12.5. The third-order valence-corrected chi connectivity index (χ3v) is 6.68. The molecule has 1 heterocycles. The minimum Gasteiger partial charge on any atom is -0.491 e. The van der Waals surface area contributed by atoms with Crippen molar-refractivity contribution in [2.24, 2.45) is 5.73 Å². The molecule has 3 rings (SSSR count). The molecule has 1 fully saturated rings. The van der Waals surface area contributed by atoms with Crippen molar-refractivity contribution in [2.45, 2.75) is 32.0 Å². The van der Waals surface area contributed by atoms with Crippen LogP contribution in [0.2, 0.25) is 0 Å². The molecule has 8 nitrogen and oxygen atoms in total. The predicted molar refractivity (Wildman–Crippen MR) is 142 cm³/mol. The number of carbonyl (C=O) groups excluding carboxylic acids is 2. The van der Waals surface area contributed by atoms with Gasteiger partial charge in [-0.15, -0.1) is 0 Å². The predicted octanol–water partition coefficient (Wildman–Crippen LogP) is 3.13. The Morgan fingerprint density at radius 3 is 2.64 bits per heavy atom. The van der Waals surface area contributed by atoms with E-state index < -0.39 is 12.1 Å². The van der Waals surface area contributed by atoms with Gasteiger partial charge in [-0.3, -0.25) is 9.59 Å². The summed E-state index contributed by atoms with van der Waals surface area (Å²) < 4.78 is 10.6. The number of thioether (sulfide) groups is 1. The topological polar surface area (TPSA) is 114 Å². The van der Waals surface area contributed by atoms with Crippen LogP contribution in [-0.4, -0.2) is 60.8 Å². The van der Waals surface area contributed by atoms with Gasteiger partial charge in [0, 0.05) is 42.8 Å². The summed E-state index contributed by atoms with van der Waals surface area (Å²) in [6, 6.07) is 13.8. The molecule has 2 atom stereocenters. The maximum absolute atomic E-state index is 13.2. The summed E-state index contributed by atoms with van der Waals surface area (Å²) >= 11 is 1.46. The molecule has 2 aromatic carbocycles. The van der Waals surface area contributed by atoms with Crippen LogP contribution in [0, 0.1) is 0 Å². The lowest BCUT2D eigenvalue weighted by Crippen LogP contribution is -2.45. The number of carbonyl (C=O) groups is 2. The molecule has 0 radical (unpaired) electrons. The largest absolute Gasteiger partial charge is 0.491 e. The highest BCUT2D eigenvalue weighted by atomic mass is 32.2. The number of allylic oxidation sites excluding steroid dienone is 1. The zero-order valence-corrected chi connectivity index (χ0v) is 21.4. The molecule has 0 saturated carbocycles. The molecule has 0 aliphatic carbocycles. The first-order chi connectivity index (χ1) is 17.3. The van der Waals surface area contributed by atoms with E-state index in [9.17, 15) is 14.7 Å². The van der Waals surface area contributed by atoms with Crippen molar-refractivity contribution < 1.29 is 24.2 Å². The van der Waals surface area contributed by atoms with E-state index in [1.165, 1.54) is 16.7 Å². The van der Waals surface area contributed by atoms with E-state index in [1.54, 1.807) is 36.8 Å². The smallest absolute Gasteiger partial charge is 0.254 e. The maximum atomic E-state index is 13.2. The monoisotopic (exact) mass is 511 g/mol. The Morgan fingerprint density at radius 1 is 1.22 bits per heavy atom. The van der Waals surface area contributed by atoms with Crippen LogP contribution in [0.15, 0.2) is 66.2 Å². The average molecular weight is 512 g/mol. The zero-order chi connectivity index (χ0) is 26.1. The van der Waals surface area contributed by atoms with Crippen molar-refractivity contribution in [2.75, 3.05) is 26.9 Å². The lowest BCUT2D eigenvalue weighted by atomic mass is 10.1. The second kappa shape index (κ2) is 13.2. The Morgan fingerprint density at radius 2 is 1.97 bits per heavy atom. The Labute approximate surface area is 216 Å². The minimum absolute atomic E-state index is 0.0922. The molecular formula is C27H33N3O5S. The SMILES string of the molecule is C=CS/C(=C(/C)N)c1ccc(CNC(=O)[C@@H]2C[C@@H](O)CN2C(=O)c2cccc(OCCOC)c2)cc1. The summed E-state index contributed by atoms with van der Waals surface area (Å²) in [7, 11) is 1.58. The highest BCUT2D eigenvalue weighted by Gasteiger charge is 2.39. The highest BCUT2D eigenvalue weighted by molar-refractivity contribution is 8.10. The standard InChI is InChI=1S/C27H33N3O5S/c1-4-36-25(18(2)28)20-10-8-19(9-11-20)16-29-26(32)24-15-22(31)17-30(24)27(33)21-6-5-7-23(14-21)35-13-12-34-3/h4-11,14,22,24,31H,1,12-13,15-17,28H2,2-3H3,(H,29,32)/b25-18-/t22-,24+/m1/s1. The lowest BCUT2D eigenvalue weighted by Gasteiger charge is -2.24. The molecule has 1 saturated heterocycles. The fraction of sp³-hybridized carbons (Fsp3) is 0.333. The Bertz CT molecular complexity index is 1100. The number of nitrogens with one attached hydrogen (secondary N) is 1. The number of β-amino-alcohol motifs (C(OH)–C–C–N with tert-alkyl or cyclic N) is 1. The number of amides is 2. The quantitative estimate of drug-likeness (QED) is 0.397. The number of nitrogens with zero attached hydrogens (tertiary/aromatic N) is 1. The second-order valence-electron chi connectivity index (χ2n) is 8.44. The van der Waals surface area contributed by atoms with Gasteiger partial charge in [-0.1, -0.05) is 48.7 Å². The molecule has 4 N–H and O–H groups in total. The van der Waals surface area contributed by atoms with Crippen molar-refractivity contribution in [3.8, 4) is 5.75 Å². The van der Waals surface area contributed by atoms with Crippen LogP contribution < -0.4 is 15.8 Å². The van der Waals surface area contributed by atoms with Crippen LogP contribution in [0.5, 0.6) is 5.75 Å². The second-order valence-corrected chi connectivity index (χ2v) is 9.42. The van der Waals surface area contributed by atoms with Gasteiger partial charge in [0.2, 0.25) is 5.91 Å². The number of likely N-dealkylation sites (tertiary alicyclic amines) is 1. The Hall–Kier alpha value is -3.27. The summed E-state index contributed by atoms with van der Waals surface area (Å²) in [4.78, 5) is 28.6. The van der Waals surface area contributed by atoms with Gasteiger partial charge in [0.15, 0.2) is 0 Å². The summed E-state index contributed by atoms with van der Waals surface area (Å²) in [6.07, 6.45) is -0.583. The number of aliphatic hydroxyl groups excluding tert-OH is 1. The van der Waals surface area contributed by atoms with Gasteiger partial charge in [-0.05, 0) is 41.7 Å². The van der Waals surface area contributed by atoms with Crippen molar-refractivity contribution in [1.29, 1.82) is 0 Å². The summed E-state index contributed by atoms with van der Waals surface area (Å²) in [5.74, 6) is -0.0991. The lowest BCUT2D eigenvalue weighted by molar-refractivity contribution is -0.125. The summed E-state index contributed by atoms with van der Waals surface area (Å²) in [5.41, 5.74) is 8.95. The van der Waals surface area contributed by atoms with Crippen LogP contribution in [0.1, 0.15) is 34.8 Å². The van der Waals surface area contributed by atoms with Gasteiger partial charge < -0.3 is 30.5 Å². The molecule has 192 valence electrons. The van der Waals surface area contributed by atoms with Crippen LogP contribution in [-0.2, 0) is 16.1 Å². The van der Waals surface area contributed by atoms with Crippen LogP contribution in [0.25, 0.3) is 4.91 Å². The molecule has 2 amide bonds. The first-order valence-electron chi connectivity index (χ1n) is 11.7. The van der Waals surface area contributed by atoms with E-state index in [0.29, 0.717) is 36.8 Å². The van der Waals surface area contributed by atoms with Gasteiger partial charge in [-0.25, -0.2) is 0 Å². The van der Waals surface area contributed by atoms with Gasteiger partial charge in [0.05, 0.1) is 12.7 Å². The molecule has 1 aliphatic heterocycles. The Balaban J connectivity index is 1.64. The number of hydrogen-bond acceptors (Lipinski definition) is 7. The molecule has 0 aromatic heterocycles. The third kappa shape index (κ3) is 7.13. The van der Waals surface area contributed by atoms with Gasteiger partial charge in [0.1, 0.15) is 18.4 Å². The molecule has 0 unspecified atom stereocenters. The molecule has 9 heteroatoms. The number of aliphatic hydroxyl groups is 1. The van der Waals surface area contributed by atoms with E-state index in [0.717, 1.165) is 16.0 Å². The minimum atomic E-state index is -0.766. The molecular weight excluding hydrogens is 478 g/mol. The normalized spacial score (nSPS) is 17.9. The number of rotatable bonds is 11. The molecule has 36 heavy (non-hydrogen) atoms. The van der Waals surface area contributed by atoms with Crippen molar-refractivity contribution in [3.05, 3.63) is 82.9 Å². The number of hydrogen-bond donors (Lipinski definition) is 3. The number of nitrogens with two attached hydrogens (primary N) is 1. The van der Waals surface area contributed by atoms with E-state index in [-0.39, 0.29) is 24.8 Å². The van der Waals surface area contributed by atoms with E-state index in [4.69, 9.17) is 15.2 Å². The molecule has 0 bridgehead atoms. The van der Waals surface area contributed by atoms with Crippen molar-refractivity contribution in [1.82, 2.24) is 10.2 Å². The fourth-order valence-electron chi connectivity index (χ4n) is 3.97. The molecule has 0 spiro atoms. The van der Waals surface area contributed by atoms with Gasteiger partial charge in [-0.2, -0.15) is 0 Å². The highest BCUT2D eigenvalue weighted by Crippen LogP contribution is 2.30. The summed E-state index contributed by atoms with van der Waals surface area (Å²) in [5, 5.41) is 14.9. The zero-order valence-electron chi connectivity index (χ0n) is 20.6. The number of ether oxygens (including phenoxy) is 2.